The fourth-order valence-corrected chi connectivity index (χ4v) is 4.61. The predicted octanol–water partition coefficient (Wildman–Crippen LogP) is 3.42. The number of rotatable bonds is 3. The van der Waals surface area contributed by atoms with E-state index < -0.39 is 0 Å². The number of hydrogen-bond donors (Lipinski definition) is 1. The van der Waals surface area contributed by atoms with Gasteiger partial charge < -0.3 is 5.73 Å². The van der Waals surface area contributed by atoms with Crippen molar-refractivity contribution in [2.24, 2.45) is 0 Å². The Morgan fingerprint density at radius 3 is 2.95 bits per heavy atom. The Morgan fingerprint density at radius 2 is 2.25 bits per heavy atom. The van der Waals surface area contributed by atoms with Crippen LogP contribution in [0.2, 0.25) is 0 Å². The first kappa shape index (κ1) is 15.7. The molecule has 0 amide bonds. The van der Waals surface area contributed by atoms with Gasteiger partial charge in [-0.3, -0.25) is 4.90 Å². The van der Waals surface area contributed by atoms with E-state index in [4.69, 9.17) is 5.73 Å². The molecule has 1 unspecified atom stereocenters. The molecule has 2 N–H and O–H groups in total. The van der Waals surface area contributed by atoms with Crippen molar-refractivity contribution in [3.05, 3.63) is 26.7 Å². The second-order valence-electron chi connectivity index (χ2n) is 5.03. The third kappa shape index (κ3) is 3.14. The third-order valence-corrected chi connectivity index (χ3v) is 5.46. The Bertz CT molecular complexity index is 581. The van der Waals surface area contributed by atoms with Gasteiger partial charge >= 0.3 is 0 Å². The van der Waals surface area contributed by atoms with Crippen LogP contribution in [-0.4, -0.2) is 21.9 Å². The van der Waals surface area contributed by atoms with Crippen molar-refractivity contribution in [3.8, 4) is 0 Å². The normalized spacial score (nSPS) is 17.9. The van der Waals surface area contributed by atoms with Gasteiger partial charge in [-0.25, -0.2) is 9.97 Å². The molecule has 110 valence electrons. The zero-order valence-corrected chi connectivity index (χ0v) is 14.1. The van der Waals surface area contributed by atoms with E-state index in [2.05, 4.69) is 28.8 Å². The molecule has 0 aromatic carbocycles. The average molecular weight is 331 g/mol. The van der Waals surface area contributed by atoms with Crippen LogP contribution in [0.4, 0.5) is 5.13 Å². The number of fused-ring (bicyclic) bond motifs is 1. The van der Waals surface area contributed by atoms with E-state index in [1.165, 1.54) is 33.3 Å². The van der Waals surface area contributed by atoms with Gasteiger partial charge in [-0.05, 0) is 33.2 Å². The highest BCUT2D eigenvalue weighted by atomic mass is 35.5. The summed E-state index contributed by atoms with van der Waals surface area (Å²) < 4.78 is 0. The number of nitrogens with zero attached hydrogens (tertiary/aromatic N) is 3. The van der Waals surface area contributed by atoms with Gasteiger partial charge in [-0.15, -0.1) is 35.1 Å². The van der Waals surface area contributed by atoms with Crippen LogP contribution in [0.5, 0.6) is 0 Å². The van der Waals surface area contributed by atoms with Crippen LogP contribution in [-0.2, 0) is 13.0 Å². The van der Waals surface area contributed by atoms with Gasteiger partial charge in [-0.2, -0.15) is 0 Å². The molecule has 1 aliphatic carbocycles. The lowest BCUT2D eigenvalue weighted by Crippen LogP contribution is -2.26. The zero-order valence-electron chi connectivity index (χ0n) is 11.6. The molecule has 0 saturated heterocycles. The van der Waals surface area contributed by atoms with Gasteiger partial charge in [-0.1, -0.05) is 0 Å². The van der Waals surface area contributed by atoms with Crippen molar-refractivity contribution in [1.29, 1.82) is 0 Å². The first-order chi connectivity index (χ1) is 9.13. The lowest BCUT2D eigenvalue weighted by atomic mass is 9.97. The maximum Gasteiger partial charge on any atom is 0.180 e. The lowest BCUT2D eigenvalue weighted by Gasteiger charge is -2.30. The fraction of sp³-hybridized carbons (Fsp3) is 0.538. The number of thiazole rings is 2. The Hall–Kier alpha value is -0.690. The molecule has 0 fully saturated rings. The smallest absolute Gasteiger partial charge is 0.180 e. The van der Waals surface area contributed by atoms with E-state index in [9.17, 15) is 0 Å². The SMILES string of the molecule is Cc1nc2c(s1)C(N(C)Cc1cnc(N)s1)CCC2.Cl. The highest BCUT2D eigenvalue weighted by Gasteiger charge is 2.27. The number of hydrogen-bond acceptors (Lipinski definition) is 6. The first-order valence-corrected chi connectivity index (χ1v) is 8.13. The van der Waals surface area contributed by atoms with Crippen LogP contribution in [0, 0.1) is 6.92 Å². The molecule has 20 heavy (non-hydrogen) atoms. The van der Waals surface area contributed by atoms with E-state index in [-0.39, 0.29) is 12.4 Å². The van der Waals surface area contributed by atoms with E-state index in [1.54, 1.807) is 11.3 Å². The number of aryl methyl sites for hydroxylation is 2. The molecule has 2 heterocycles. The van der Waals surface area contributed by atoms with E-state index in [0.717, 1.165) is 13.0 Å². The Labute approximate surface area is 133 Å². The quantitative estimate of drug-likeness (QED) is 0.936. The summed E-state index contributed by atoms with van der Waals surface area (Å²) in [5.74, 6) is 0. The third-order valence-electron chi connectivity index (χ3n) is 3.54. The summed E-state index contributed by atoms with van der Waals surface area (Å²) in [5, 5.41) is 1.84. The standard InChI is InChI=1S/C13H18N4S2.ClH/c1-8-16-10-4-3-5-11(12(10)18-8)17(2)7-9-6-15-13(14)19-9;/h6,11H,3-5,7H2,1-2H3,(H2,14,15);1H. The van der Waals surface area contributed by atoms with Gasteiger partial charge in [0.25, 0.3) is 0 Å². The summed E-state index contributed by atoms with van der Waals surface area (Å²) in [4.78, 5) is 13.9. The number of nitrogen functional groups attached to an aromatic ring is 1. The lowest BCUT2D eigenvalue weighted by molar-refractivity contribution is 0.218. The van der Waals surface area contributed by atoms with Crippen LogP contribution in [0.25, 0.3) is 0 Å². The summed E-state index contributed by atoms with van der Waals surface area (Å²) in [6.45, 7) is 3.01. The van der Waals surface area contributed by atoms with E-state index in [0.29, 0.717) is 11.2 Å². The van der Waals surface area contributed by atoms with Crippen molar-refractivity contribution >= 4 is 40.2 Å². The van der Waals surface area contributed by atoms with Crippen LogP contribution in [0.1, 0.15) is 39.3 Å². The summed E-state index contributed by atoms with van der Waals surface area (Å²) in [6.07, 6.45) is 5.48. The first-order valence-electron chi connectivity index (χ1n) is 6.50. The van der Waals surface area contributed by atoms with Crippen LogP contribution in [0.15, 0.2) is 6.20 Å². The number of halogens is 1. The van der Waals surface area contributed by atoms with Crippen molar-refractivity contribution in [2.45, 2.75) is 38.8 Å². The molecular weight excluding hydrogens is 312 g/mol. The minimum Gasteiger partial charge on any atom is -0.375 e. The summed E-state index contributed by atoms with van der Waals surface area (Å²) in [6, 6.07) is 0.498. The second-order valence-corrected chi connectivity index (χ2v) is 7.41. The second kappa shape index (κ2) is 6.39. The van der Waals surface area contributed by atoms with Gasteiger partial charge in [0.1, 0.15) is 0 Å². The largest absolute Gasteiger partial charge is 0.375 e. The Morgan fingerprint density at radius 1 is 1.45 bits per heavy atom. The van der Waals surface area contributed by atoms with Crippen molar-refractivity contribution < 1.29 is 0 Å². The monoisotopic (exact) mass is 330 g/mol. The van der Waals surface area contributed by atoms with Gasteiger partial charge in [0.15, 0.2) is 5.13 Å². The number of aromatic nitrogens is 2. The fourth-order valence-electron chi connectivity index (χ4n) is 2.69. The summed E-state index contributed by atoms with van der Waals surface area (Å²) in [7, 11) is 2.19. The molecule has 0 spiro atoms. The van der Waals surface area contributed by atoms with Crippen molar-refractivity contribution in [3.63, 3.8) is 0 Å². The molecule has 4 nitrogen and oxygen atoms in total. The van der Waals surface area contributed by atoms with Crippen LogP contribution < -0.4 is 5.73 Å². The number of anilines is 1. The maximum atomic E-state index is 5.69. The highest BCUT2D eigenvalue weighted by Crippen LogP contribution is 2.38. The topological polar surface area (TPSA) is 55.0 Å². The molecule has 1 aliphatic rings. The Kier molecular flexibility index (Phi) is 5.01. The van der Waals surface area contributed by atoms with Crippen molar-refractivity contribution in [2.75, 3.05) is 12.8 Å². The summed E-state index contributed by atoms with van der Waals surface area (Å²) >= 11 is 3.43. The molecule has 0 radical (unpaired) electrons. The van der Waals surface area contributed by atoms with E-state index in [1.807, 2.05) is 17.5 Å². The predicted molar refractivity (Wildman–Crippen MR) is 87.8 cm³/mol. The van der Waals surface area contributed by atoms with Gasteiger partial charge in [0, 0.05) is 28.5 Å². The van der Waals surface area contributed by atoms with E-state index >= 15 is 0 Å². The van der Waals surface area contributed by atoms with Crippen LogP contribution in [0.3, 0.4) is 0 Å². The highest BCUT2D eigenvalue weighted by molar-refractivity contribution is 7.15. The molecular formula is C13H19ClN4S2. The Balaban J connectivity index is 0.00000147. The zero-order chi connectivity index (χ0) is 13.4. The van der Waals surface area contributed by atoms with Crippen LogP contribution >= 0.6 is 35.1 Å². The van der Waals surface area contributed by atoms with Crippen molar-refractivity contribution in [1.82, 2.24) is 14.9 Å². The maximum absolute atomic E-state index is 5.69. The minimum absolute atomic E-state index is 0. The molecule has 0 bridgehead atoms. The molecule has 1 atom stereocenters. The minimum atomic E-state index is 0. The molecule has 2 aromatic heterocycles. The average Bonchev–Trinajstić information content (AvgIpc) is 2.93. The summed E-state index contributed by atoms with van der Waals surface area (Å²) in [5.41, 5.74) is 7.01. The molecule has 3 rings (SSSR count). The van der Waals surface area contributed by atoms with Gasteiger partial charge in [0.2, 0.25) is 0 Å². The van der Waals surface area contributed by atoms with Gasteiger partial charge in [0.05, 0.1) is 10.7 Å². The molecule has 0 aliphatic heterocycles. The number of nitrogens with two attached hydrogens (primary N) is 1. The molecule has 2 aromatic rings. The molecule has 0 saturated carbocycles. The molecule has 7 heteroatoms.